The lowest BCUT2D eigenvalue weighted by molar-refractivity contribution is 0.0531. The van der Waals surface area contributed by atoms with E-state index in [1.165, 1.54) is 11.3 Å². The molecule has 0 bridgehead atoms. The summed E-state index contributed by atoms with van der Waals surface area (Å²) in [4.78, 5) is 2.39. The third-order valence-electron chi connectivity index (χ3n) is 3.71. The van der Waals surface area contributed by atoms with Gasteiger partial charge in [0.1, 0.15) is 5.75 Å². The third-order valence-corrected chi connectivity index (χ3v) is 3.71. The molecule has 4 nitrogen and oxygen atoms in total. The Labute approximate surface area is 115 Å². The van der Waals surface area contributed by atoms with Crippen molar-refractivity contribution in [2.45, 2.75) is 26.0 Å². The second-order valence-electron chi connectivity index (χ2n) is 5.03. The molecule has 2 unspecified atom stereocenters. The molecule has 19 heavy (non-hydrogen) atoms. The summed E-state index contributed by atoms with van der Waals surface area (Å²) in [5.74, 6) is 0.943. The van der Waals surface area contributed by atoms with Crippen molar-refractivity contribution in [2.24, 2.45) is 0 Å². The van der Waals surface area contributed by atoms with E-state index in [1.807, 2.05) is 13.1 Å². The van der Waals surface area contributed by atoms with Crippen LogP contribution in [0.4, 0.5) is 5.69 Å². The maximum Gasteiger partial charge on any atom is 0.125 e. The van der Waals surface area contributed by atoms with Gasteiger partial charge < -0.3 is 19.7 Å². The van der Waals surface area contributed by atoms with Crippen molar-refractivity contribution in [2.75, 3.05) is 38.8 Å². The number of hydrogen-bond acceptors (Lipinski definition) is 4. The van der Waals surface area contributed by atoms with Gasteiger partial charge in [-0.15, -0.1) is 0 Å². The molecule has 1 aliphatic heterocycles. The molecule has 0 spiro atoms. The summed E-state index contributed by atoms with van der Waals surface area (Å²) < 4.78 is 11.2. The van der Waals surface area contributed by atoms with Gasteiger partial charge in [-0.3, -0.25) is 0 Å². The van der Waals surface area contributed by atoms with E-state index in [1.54, 1.807) is 7.11 Å². The summed E-state index contributed by atoms with van der Waals surface area (Å²) >= 11 is 0. The lowest BCUT2D eigenvalue weighted by Crippen LogP contribution is -2.41. The lowest BCUT2D eigenvalue weighted by atomic mass is 10.0. The van der Waals surface area contributed by atoms with Crippen LogP contribution in [0, 0.1) is 0 Å². The van der Waals surface area contributed by atoms with E-state index in [-0.39, 0.29) is 12.1 Å². The van der Waals surface area contributed by atoms with Crippen molar-refractivity contribution in [3.8, 4) is 5.75 Å². The Morgan fingerprint density at radius 3 is 2.89 bits per heavy atom. The molecule has 0 aliphatic carbocycles. The van der Waals surface area contributed by atoms with Crippen molar-refractivity contribution in [3.63, 3.8) is 0 Å². The monoisotopic (exact) mass is 264 g/mol. The first-order valence-electron chi connectivity index (χ1n) is 6.88. The van der Waals surface area contributed by atoms with E-state index in [2.05, 4.69) is 36.2 Å². The van der Waals surface area contributed by atoms with Crippen LogP contribution in [0.5, 0.6) is 5.75 Å². The highest BCUT2D eigenvalue weighted by Crippen LogP contribution is 2.35. The maximum atomic E-state index is 5.62. The number of hydrogen-bond donors (Lipinski definition) is 1. The number of nitrogens with one attached hydrogen (secondary N) is 1. The van der Waals surface area contributed by atoms with Gasteiger partial charge in [0, 0.05) is 30.4 Å². The minimum absolute atomic E-state index is 0.254. The van der Waals surface area contributed by atoms with Crippen LogP contribution in [0.3, 0.4) is 0 Å². The van der Waals surface area contributed by atoms with Crippen LogP contribution in [0.25, 0.3) is 0 Å². The molecule has 0 radical (unpaired) electrons. The van der Waals surface area contributed by atoms with Crippen LogP contribution in [-0.4, -0.2) is 40.0 Å². The van der Waals surface area contributed by atoms with Crippen molar-refractivity contribution in [3.05, 3.63) is 23.8 Å². The van der Waals surface area contributed by atoms with Gasteiger partial charge in [-0.2, -0.15) is 0 Å². The highest BCUT2D eigenvalue weighted by molar-refractivity contribution is 5.61. The fourth-order valence-corrected chi connectivity index (χ4v) is 2.60. The lowest BCUT2D eigenvalue weighted by Gasteiger charge is -2.35. The highest BCUT2D eigenvalue weighted by atomic mass is 16.5. The van der Waals surface area contributed by atoms with Crippen molar-refractivity contribution in [1.29, 1.82) is 0 Å². The molecule has 1 fully saturated rings. The largest absolute Gasteiger partial charge is 0.496 e. The summed E-state index contributed by atoms with van der Waals surface area (Å²) in [6, 6.07) is 6.50. The third kappa shape index (κ3) is 3.01. The van der Waals surface area contributed by atoms with Crippen molar-refractivity contribution in [1.82, 2.24) is 5.32 Å². The molecule has 2 atom stereocenters. The molecule has 0 saturated carbocycles. The van der Waals surface area contributed by atoms with Gasteiger partial charge in [0.2, 0.25) is 0 Å². The number of ether oxygens (including phenoxy) is 2. The summed E-state index contributed by atoms with van der Waals surface area (Å²) in [5, 5.41) is 3.31. The average Bonchev–Trinajstić information content (AvgIpc) is 2.45. The van der Waals surface area contributed by atoms with E-state index in [9.17, 15) is 0 Å². The predicted molar refractivity (Wildman–Crippen MR) is 78.1 cm³/mol. The topological polar surface area (TPSA) is 33.7 Å². The van der Waals surface area contributed by atoms with Crippen LogP contribution in [0.1, 0.15) is 25.5 Å². The molecule has 1 heterocycles. The summed E-state index contributed by atoms with van der Waals surface area (Å²) in [6.45, 7) is 6.92. The molecule has 1 aliphatic rings. The number of nitrogens with zero attached hydrogens (tertiary/aromatic N) is 1. The molecule has 1 saturated heterocycles. The molecule has 4 heteroatoms. The van der Waals surface area contributed by atoms with E-state index >= 15 is 0 Å². The molecule has 2 rings (SSSR count). The van der Waals surface area contributed by atoms with E-state index < -0.39 is 0 Å². The van der Waals surface area contributed by atoms with E-state index in [4.69, 9.17) is 9.47 Å². The smallest absolute Gasteiger partial charge is 0.125 e. The summed E-state index contributed by atoms with van der Waals surface area (Å²) in [5.41, 5.74) is 2.47. The molecule has 106 valence electrons. The number of rotatable bonds is 4. The Balaban J connectivity index is 2.38. The number of morpholine rings is 1. The Hall–Kier alpha value is -1.26. The van der Waals surface area contributed by atoms with E-state index in [0.29, 0.717) is 0 Å². The van der Waals surface area contributed by atoms with Crippen LogP contribution < -0.4 is 15.0 Å². The Kier molecular flexibility index (Phi) is 4.66. The number of anilines is 1. The normalized spacial score (nSPS) is 21.3. The fourth-order valence-electron chi connectivity index (χ4n) is 2.60. The SMILES string of the molecule is CNC(C)c1c(OC)cccc1N1CCOC(C)C1. The van der Waals surface area contributed by atoms with Crippen LogP contribution in [-0.2, 0) is 4.74 Å². The second-order valence-corrected chi connectivity index (χ2v) is 5.03. The van der Waals surface area contributed by atoms with Gasteiger partial charge in [0.05, 0.1) is 19.8 Å². The zero-order chi connectivity index (χ0) is 13.8. The fraction of sp³-hybridized carbons (Fsp3) is 0.600. The van der Waals surface area contributed by atoms with Gasteiger partial charge in [-0.25, -0.2) is 0 Å². The number of benzene rings is 1. The first-order valence-corrected chi connectivity index (χ1v) is 6.88. The first kappa shape index (κ1) is 14.2. The zero-order valence-corrected chi connectivity index (χ0v) is 12.3. The Morgan fingerprint density at radius 2 is 2.26 bits per heavy atom. The zero-order valence-electron chi connectivity index (χ0n) is 12.3. The van der Waals surface area contributed by atoms with Gasteiger partial charge in [0.25, 0.3) is 0 Å². The van der Waals surface area contributed by atoms with Gasteiger partial charge in [-0.1, -0.05) is 6.07 Å². The predicted octanol–water partition coefficient (Wildman–Crippen LogP) is 2.20. The van der Waals surface area contributed by atoms with Gasteiger partial charge in [-0.05, 0) is 33.0 Å². The standard InChI is InChI=1S/C15H24N2O2/c1-11-10-17(8-9-19-11)13-6-5-7-14(18-4)15(13)12(2)16-3/h5-7,11-12,16H,8-10H2,1-4H3. The van der Waals surface area contributed by atoms with E-state index in [0.717, 1.165) is 25.4 Å². The van der Waals surface area contributed by atoms with Crippen LogP contribution >= 0.6 is 0 Å². The minimum atomic E-state index is 0.254. The summed E-state index contributed by atoms with van der Waals surface area (Å²) in [7, 11) is 3.70. The molecule has 1 aromatic rings. The molecular formula is C15H24N2O2. The van der Waals surface area contributed by atoms with Crippen LogP contribution in [0.2, 0.25) is 0 Å². The Bertz CT molecular complexity index is 423. The quantitative estimate of drug-likeness (QED) is 0.904. The molecule has 1 aromatic carbocycles. The molecular weight excluding hydrogens is 240 g/mol. The average molecular weight is 264 g/mol. The first-order chi connectivity index (χ1) is 9.17. The summed E-state index contributed by atoms with van der Waals surface area (Å²) in [6.07, 6.45) is 0.276. The molecule has 1 N–H and O–H groups in total. The maximum absolute atomic E-state index is 5.62. The van der Waals surface area contributed by atoms with Crippen LogP contribution in [0.15, 0.2) is 18.2 Å². The molecule has 0 amide bonds. The molecule has 0 aromatic heterocycles. The van der Waals surface area contributed by atoms with Crippen molar-refractivity contribution >= 4 is 5.69 Å². The van der Waals surface area contributed by atoms with Gasteiger partial charge in [0.15, 0.2) is 0 Å². The second kappa shape index (κ2) is 6.26. The minimum Gasteiger partial charge on any atom is -0.496 e. The highest BCUT2D eigenvalue weighted by Gasteiger charge is 2.23. The van der Waals surface area contributed by atoms with Crippen molar-refractivity contribution < 1.29 is 9.47 Å². The Morgan fingerprint density at radius 1 is 1.47 bits per heavy atom. The number of methoxy groups -OCH3 is 1. The van der Waals surface area contributed by atoms with Gasteiger partial charge >= 0.3 is 0 Å².